The van der Waals surface area contributed by atoms with Gasteiger partial charge in [-0.25, -0.2) is 0 Å². The van der Waals surface area contributed by atoms with Crippen LogP contribution in [0.4, 0.5) is 0 Å². The van der Waals surface area contributed by atoms with Crippen molar-refractivity contribution in [3.63, 3.8) is 0 Å². The maximum atomic E-state index is 12.3. The van der Waals surface area contributed by atoms with Crippen molar-refractivity contribution in [2.75, 3.05) is 14.2 Å². The molecule has 0 amide bonds. The van der Waals surface area contributed by atoms with Crippen molar-refractivity contribution in [1.82, 2.24) is 0 Å². The van der Waals surface area contributed by atoms with Gasteiger partial charge in [-0.1, -0.05) is 6.42 Å². The van der Waals surface area contributed by atoms with Gasteiger partial charge in [0.15, 0.2) is 6.29 Å². The number of fused-ring (bicyclic) bond motifs is 2. The van der Waals surface area contributed by atoms with E-state index in [-0.39, 0.29) is 22.7 Å². The van der Waals surface area contributed by atoms with E-state index in [1.165, 1.54) is 6.42 Å². The van der Waals surface area contributed by atoms with Gasteiger partial charge >= 0.3 is 0 Å². The summed E-state index contributed by atoms with van der Waals surface area (Å²) < 4.78 is 22.3. The molecule has 5 heteroatoms. The van der Waals surface area contributed by atoms with E-state index >= 15 is 0 Å². The second-order valence-corrected chi connectivity index (χ2v) is 7.57. The molecule has 2 saturated heterocycles. The smallest absolute Gasteiger partial charge is 0.157 e. The van der Waals surface area contributed by atoms with Crippen LogP contribution in [0.5, 0.6) is 0 Å². The topological polar surface area (TPSA) is 52.6 Å². The summed E-state index contributed by atoms with van der Waals surface area (Å²) in [7, 11) is 2.49. The molecule has 2 aliphatic heterocycles. The number of hydrogen-bond acceptors (Lipinski definition) is 4. The number of carbonyl (C=O) groups is 1. The molecule has 0 spiro atoms. The number of hydrogen-bond donors (Lipinski definition) is 0. The van der Waals surface area contributed by atoms with Crippen LogP contribution in [-0.4, -0.2) is 41.0 Å². The Labute approximate surface area is 117 Å². The lowest BCUT2D eigenvalue weighted by Crippen LogP contribution is -2.41. The maximum Gasteiger partial charge on any atom is 0.157 e. The van der Waals surface area contributed by atoms with Crippen LogP contribution in [0.25, 0.3) is 0 Å². The molecule has 2 atom stereocenters. The van der Waals surface area contributed by atoms with Gasteiger partial charge in [0.2, 0.25) is 0 Å². The molecule has 0 radical (unpaired) electrons. The van der Waals surface area contributed by atoms with Gasteiger partial charge in [0.25, 0.3) is 0 Å². The minimum Gasteiger partial charge on any atom is -0.356 e. The van der Waals surface area contributed by atoms with Crippen LogP contribution < -0.4 is 0 Å². The van der Waals surface area contributed by atoms with E-state index in [0.29, 0.717) is 18.6 Å². The highest BCUT2D eigenvalue weighted by Crippen LogP contribution is 2.37. The lowest BCUT2D eigenvalue weighted by molar-refractivity contribution is -0.130. The lowest BCUT2D eigenvalue weighted by atomic mass is 9.85. The first kappa shape index (κ1) is 15.1. The first-order valence-electron chi connectivity index (χ1n) is 7.13. The molecule has 2 unspecified atom stereocenters. The third kappa shape index (κ3) is 3.64. The zero-order chi connectivity index (χ0) is 13.8. The Hall–Kier alpha value is -0.260. The third-order valence-electron chi connectivity index (χ3n) is 4.41. The van der Waals surface area contributed by atoms with Crippen molar-refractivity contribution < 1.29 is 18.5 Å². The van der Waals surface area contributed by atoms with E-state index in [1.54, 1.807) is 14.2 Å². The average Bonchev–Trinajstić information content (AvgIpc) is 2.39. The Morgan fingerprint density at radius 2 is 1.79 bits per heavy atom. The predicted octanol–water partition coefficient (Wildman–Crippen LogP) is 2.03. The Morgan fingerprint density at radius 1 is 1.21 bits per heavy atom. The van der Waals surface area contributed by atoms with Crippen LogP contribution in [0, 0.1) is 5.92 Å². The van der Waals surface area contributed by atoms with Gasteiger partial charge in [0, 0.05) is 54.3 Å². The molecular weight excluding hydrogens is 264 g/mol. The second kappa shape index (κ2) is 6.95. The molecule has 0 saturated carbocycles. The number of carbonyl (C=O) groups excluding carboxylic acids is 1. The summed E-state index contributed by atoms with van der Waals surface area (Å²) in [4.78, 5) is 12.3. The van der Waals surface area contributed by atoms with Gasteiger partial charge in [0.05, 0.1) is 0 Å². The molecule has 2 fully saturated rings. The van der Waals surface area contributed by atoms with Gasteiger partial charge in [-0.15, -0.1) is 0 Å². The van der Waals surface area contributed by atoms with Gasteiger partial charge in [-0.2, -0.15) is 0 Å². The van der Waals surface area contributed by atoms with E-state index in [1.807, 2.05) is 0 Å². The van der Waals surface area contributed by atoms with Crippen LogP contribution in [0.2, 0.25) is 0 Å². The summed E-state index contributed by atoms with van der Waals surface area (Å²) in [6.07, 6.45) is 5.72. The van der Waals surface area contributed by atoms with Crippen molar-refractivity contribution in [2.24, 2.45) is 5.92 Å². The number of methoxy groups -OCH3 is 2. The average molecular weight is 288 g/mol. The summed E-state index contributed by atoms with van der Waals surface area (Å²) in [5.41, 5.74) is 0. The van der Waals surface area contributed by atoms with Gasteiger partial charge in [0.1, 0.15) is 5.78 Å². The minimum atomic E-state index is -0.691. The molecule has 110 valence electrons. The Kier molecular flexibility index (Phi) is 5.54. The largest absolute Gasteiger partial charge is 0.356 e. The fourth-order valence-corrected chi connectivity index (χ4v) is 5.48. The molecule has 4 nitrogen and oxygen atoms in total. The molecule has 2 aliphatic rings. The van der Waals surface area contributed by atoms with Crippen molar-refractivity contribution in [3.05, 3.63) is 0 Å². The van der Waals surface area contributed by atoms with E-state index < -0.39 is 10.8 Å². The maximum absolute atomic E-state index is 12.3. The molecule has 0 aromatic heterocycles. The molecule has 0 aliphatic carbocycles. The van der Waals surface area contributed by atoms with Crippen LogP contribution in [-0.2, 0) is 25.1 Å². The predicted molar refractivity (Wildman–Crippen MR) is 74.3 cm³/mol. The van der Waals surface area contributed by atoms with E-state index in [4.69, 9.17) is 9.47 Å². The van der Waals surface area contributed by atoms with Crippen LogP contribution in [0.15, 0.2) is 0 Å². The van der Waals surface area contributed by atoms with Crippen molar-refractivity contribution in [2.45, 2.75) is 61.7 Å². The molecule has 0 aromatic carbocycles. The van der Waals surface area contributed by atoms with Crippen LogP contribution >= 0.6 is 0 Å². The standard InChI is InChI=1S/C14H24O4S/c1-17-14(18-2)7-6-13(15)10-8-11-4-3-5-12(9-10)19(11)16/h10-12,14H,3-9H2,1-2H3. The fourth-order valence-electron chi connectivity index (χ4n) is 3.29. The van der Waals surface area contributed by atoms with Crippen molar-refractivity contribution in [3.8, 4) is 0 Å². The van der Waals surface area contributed by atoms with Crippen LogP contribution in [0.3, 0.4) is 0 Å². The first-order chi connectivity index (χ1) is 9.15. The highest BCUT2D eigenvalue weighted by molar-refractivity contribution is 7.86. The second-order valence-electron chi connectivity index (χ2n) is 5.58. The monoisotopic (exact) mass is 288 g/mol. The quantitative estimate of drug-likeness (QED) is 0.702. The molecule has 2 bridgehead atoms. The molecule has 0 aromatic rings. The van der Waals surface area contributed by atoms with Crippen molar-refractivity contribution >= 4 is 16.6 Å². The Morgan fingerprint density at radius 3 is 2.32 bits per heavy atom. The van der Waals surface area contributed by atoms with Crippen molar-refractivity contribution in [1.29, 1.82) is 0 Å². The fraction of sp³-hybridized carbons (Fsp3) is 0.929. The number of rotatable bonds is 6. The van der Waals surface area contributed by atoms with E-state index in [0.717, 1.165) is 25.7 Å². The number of Topliss-reactive ketones (excluding diaryl/α,β-unsaturated/α-hetero) is 1. The van der Waals surface area contributed by atoms with Gasteiger partial charge in [-0.05, 0) is 25.7 Å². The zero-order valence-electron chi connectivity index (χ0n) is 11.8. The molecule has 19 heavy (non-hydrogen) atoms. The SMILES string of the molecule is COC(CCC(=O)C1CC2CCCC(C1)S2=O)OC. The summed E-state index contributed by atoms with van der Waals surface area (Å²) in [5.74, 6) is 0.412. The Bertz CT molecular complexity index is 324. The third-order valence-corrected chi connectivity index (χ3v) is 6.58. The van der Waals surface area contributed by atoms with E-state index in [2.05, 4.69) is 0 Å². The first-order valence-corrected chi connectivity index (χ1v) is 8.41. The van der Waals surface area contributed by atoms with Crippen LogP contribution in [0.1, 0.15) is 44.9 Å². The van der Waals surface area contributed by atoms with Gasteiger partial charge < -0.3 is 9.47 Å². The highest BCUT2D eigenvalue weighted by atomic mass is 32.2. The summed E-state index contributed by atoms with van der Waals surface area (Å²) in [6.45, 7) is 0. The summed E-state index contributed by atoms with van der Waals surface area (Å²) >= 11 is 0. The number of ketones is 1. The van der Waals surface area contributed by atoms with Gasteiger partial charge in [-0.3, -0.25) is 9.00 Å². The summed E-state index contributed by atoms with van der Waals surface area (Å²) in [5, 5.41) is 0.532. The normalized spacial score (nSPS) is 34.5. The minimum absolute atomic E-state index is 0.113. The molecular formula is C14H24O4S. The molecule has 2 rings (SSSR count). The highest BCUT2D eigenvalue weighted by Gasteiger charge is 2.40. The lowest BCUT2D eigenvalue weighted by Gasteiger charge is -2.37. The summed E-state index contributed by atoms with van der Waals surface area (Å²) in [6, 6.07) is 0. The Balaban J connectivity index is 1.85. The van der Waals surface area contributed by atoms with E-state index in [9.17, 15) is 9.00 Å². The molecule has 2 heterocycles. The molecule has 0 N–H and O–H groups in total. The zero-order valence-corrected chi connectivity index (χ0v) is 12.6. The number of ether oxygens (including phenoxy) is 2.